The first-order valence-electron chi connectivity index (χ1n) is 4.74. The Hall–Kier alpha value is -0.740. The van der Waals surface area contributed by atoms with E-state index in [1.165, 1.54) is 29.5 Å². The lowest BCUT2D eigenvalue weighted by atomic mass is 10.1. The maximum Gasteiger partial charge on any atom is 0.130 e. The first-order chi connectivity index (χ1) is 7.59. The van der Waals surface area contributed by atoms with E-state index in [0.717, 1.165) is 9.75 Å². The fraction of sp³-hybridized carbons (Fsp3) is 0.167. The summed E-state index contributed by atoms with van der Waals surface area (Å²) in [5.41, 5.74) is 0.0735. The van der Waals surface area contributed by atoms with Gasteiger partial charge in [-0.05, 0) is 31.2 Å². The number of hydrogen-bond acceptors (Lipinski definition) is 1. The van der Waals surface area contributed by atoms with Gasteiger partial charge in [-0.2, -0.15) is 0 Å². The molecule has 0 spiro atoms. The topological polar surface area (TPSA) is 0 Å². The Morgan fingerprint density at radius 2 is 1.75 bits per heavy atom. The summed E-state index contributed by atoms with van der Waals surface area (Å²) in [6.45, 7) is 1.96. The van der Waals surface area contributed by atoms with Gasteiger partial charge in [-0.25, -0.2) is 8.78 Å². The Kier molecular flexibility index (Phi) is 3.40. The molecule has 0 N–H and O–H groups in total. The first kappa shape index (κ1) is 11.7. The molecule has 16 heavy (non-hydrogen) atoms. The van der Waals surface area contributed by atoms with Crippen LogP contribution in [-0.2, 0) is 0 Å². The molecule has 1 atom stereocenters. The highest BCUT2D eigenvalue weighted by molar-refractivity contribution is 9.09. The van der Waals surface area contributed by atoms with Crippen LogP contribution in [0.3, 0.4) is 0 Å². The van der Waals surface area contributed by atoms with Gasteiger partial charge in [0.05, 0.1) is 4.83 Å². The molecule has 0 aliphatic carbocycles. The minimum absolute atomic E-state index is 0.0735. The molecule has 1 unspecified atom stereocenters. The van der Waals surface area contributed by atoms with E-state index in [-0.39, 0.29) is 5.56 Å². The molecule has 0 radical (unpaired) electrons. The second-order valence-corrected chi connectivity index (χ2v) is 5.68. The summed E-state index contributed by atoms with van der Waals surface area (Å²) >= 11 is 4.87. The van der Waals surface area contributed by atoms with E-state index in [1.807, 2.05) is 19.1 Å². The van der Waals surface area contributed by atoms with Crippen LogP contribution in [0.15, 0.2) is 30.3 Å². The highest BCUT2D eigenvalue weighted by atomic mass is 79.9. The number of thiophene rings is 1. The molecule has 0 saturated heterocycles. The Bertz CT molecular complexity index is 487. The molecule has 0 saturated carbocycles. The Morgan fingerprint density at radius 3 is 2.25 bits per heavy atom. The molecule has 1 heterocycles. The van der Waals surface area contributed by atoms with E-state index in [1.54, 1.807) is 0 Å². The Labute approximate surface area is 105 Å². The second kappa shape index (κ2) is 4.63. The highest BCUT2D eigenvalue weighted by Gasteiger charge is 2.20. The minimum Gasteiger partial charge on any atom is -0.207 e. The van der Waals surface area contributed by atoms with E-state index in [0.29, 0.717) is 0 Å². The first-order valence-corrected chi connectivity index (χ1v) is 6.47. The predicted molar refractivity (Wildman–Crippen MR) is 66.2 cm³/mol. The summed E-state index contributed by atoms with van der Waals surface area (Å²) < 4.78 is 27.1. The molecule has 4 heteroatoms. The number of hydrogen-bond donors (Lipinski definition) is 0. The van der Waals surface area contributed by atoms with E-state index in [4.69, 9.17) is 0 Å². The number of benzene rings is 1. The summed E-state index contributed by atoms with van der Waals surface area (Å²) in [4.78, 5) is 1.60. The quantitative estimate of drug-likeness (QED) is 0.698. The fourth-order valence-electron chi connectivity index (χ4n) is 1.48. The van der Waals surface area contributed by atoms with Crippen molar-refractivity contribution in [2.45, 2.75) is 11.8 Å². The highest BCUT2D eigenvalue weighted by Crippen LogP contribution is 2.37. The minimum atomic E-state index is -0.520. The summed E-state index contributed by atoms with van der Waals surface area (Å²) in [7, 11) is 0. The molecule has 0 nitrogen and oxygen atoms in total. The molecule has 0 fully saturated rings. The van der Waals surface area contributed by atoms with Crippen LogP contribution in [0, 0.1) is 18.6 Å². The van der Waals surface area contributed by atoms with Gasteiger partial charge in [0, 0.05) is 15.3 Å². The molecule has 0 amide bonds. The molecule has 2 aromatic rings. The monoisotopic (exact) mass is 302 g/mol. The normalized spacial score (nSPS) is 12.8. The maximum atomic E-state index is 13.5. The van der Waals surface area contributed by atoms with Crippen LogP contribution in [-0.4, -0.2) is 0 Å². The molecule has 2 rings (SSSR count). The zero-order valence-electron chi connectivity index (χ0n) is 8.51. The van der Waals surface area contributed by atoms with E-state index in [2.05, 4.69) is 15.9 Å². The van der Waals surface area contributed by atoms with Crippen molar-refractivity contribution in [3.8, 4) is 0 Å². The summed E-state index contributed by atoms with van der Waals surface area (Å²) in [5, 5.41) is 0. The van der Waals surface area contributed by atoms with Gasteiger partial charge in [-0.3, -0.25) is 0 Å². The van der Waals surface area contributed by atoms with Gasteiger partial charge >= 0.3 is 0 Å². The van der Waals surface area contributed by atoms with Gasteiger partial charge in [-0.1, -0.05) is 22.0 Å². The van der Waals surface area contributed by atoms with Crippen molar-refractivity contribution in [2.24, 2.45) is 0 Å². The molecular formula is C12H9BrF2S. The third-order valence-corrected chi connectivity index (χ3v) is 4.58. The van der Waals surface area contributed by atoms with Crippen LogP contribution in [0.2, 0.25) is 0 Å². The van der Waals surface area contributed by atoms with Gasteiger partial charge in [-0.15, -0.1) is 11.3 Å². The summed E-state index contributed by atoms with van der Waals surface area (Å²) in [6.07, 6.45) is 0. The van der Waals surface area contributed by atoms with Crippen LogP contribution in [0.1, 0.15) is 20.1 Å². The molecular weight excluding hydrogens is 294 g/mol. The SMILES string of the molecule is Cc1ccc(C(Br)c2c(F)cccc2F)s1. The van der Waals surface area contributed by atoms with E-state index in [9.17, 15) is 8.78 Å². The fourth-order valence-corrected chi connectivity index (χ4v) is 3.22. The van der Waals surface area contributed by atoms with Crippen LogP contribution >= 0.6 is 27.3 Å². The van der Waals surface area contributed by atoms with Crippen molar-refractivity contribution >= 4 is 27.3 Å². The van der Waals surface area contributed by atoms with Crippen LogP contribution in [0.4, 0.5) is 8.78 Å². The lowest BCUT2D eigenvalue weighted by Crippen LogP contribution is -1.98. The van der Waals surface area contributed by atoms with Crippen molar-refractivity contribution in [3.63, 3.8) is 0 Å². The van der Waals surface area contributed by atoms with Crippen molar-refractivity contribution < 1.29 is 8.78 Å². The zero-order chi connectivity index (χ0) is 11.7. The van der Waals surface area contributed by atoms with Crippen LogP contribution in [0.25, 0.3) is 0 Å². The number of rotatable bonds is 2. The van der Waals surface area contributed by atoms with Gasteiger partial charge in [0.25, 0.3) is 0 Å². The third-order valence-electron chi connectivity index (χ3n) is 2.26. The molecule has 0 aliphatic heterocycles. The van der Waals surface area contributed by atoms with Crippen molar-refractivity contribution in [1.29, 1.82) is 0 Å². The van der Waals surface area contributed by atoms with E-state index >= 15 is 0 Å². The van der Waals surface area contributed by atoms with Gasteiger partial charge in [0.15, 0.2) is 0 Å². The second-order valence-electron chi connectivity index (χ2n) is 3.45. The summed E-state index contributed by atoms with van der Waals surface area (Å²) in [6, 6.07) is 7.73. The average Bonchev–Trinajstić information content (AvgIpc) is 2.64. The van der Waals surface area contributed by atoms with Crippen LogP contribution in [0.5, 0.6) is 0 Å². The van der Waals surface area contributed by atoms with Crippen molar-refractivity contribution in [2.75, 3.05) is 0 Å². The summed E-state index contributed by atoms with van der Waals surface area (Å²) in [5.74, 6) is -1.04. The molecule has 0 aliphatic rings. The number of halogens is 3. The average molecular weight is 303 g/mol. The van der Waals surface area contributed by atoms with Gasteiger partial charge < -0.3 is 0 Å². The Morgan fingerprint density at radius 1 is 1.12 bits per heavy atom. The van der Waals surface area contributed by atoms with Crippen molar-refractivity contribution in [3.05, 3.63) is 57.3 Å². The standard InChI is InChI=1S/C12H9BrF2S/c1-7-5-6-10(16-7)12(13)11-8(14)3-2-4-9(11)15/h2-6,12H,1H3. The molecule has 0 bridgehead atoms. The maximum absolute atomic E-state index is 13.5. The van der Waals surface area contributed by atoms with Gasteiger partial charge in [0.1, 0.15) is 11.6 Å². The molecule has 1 aromatic heterocycles. The number of alkyl halides is 1. The lowest BCUT2D eigenvalue weighted by molar-refractivity contribution is 0.561. The van der Waals surface area contributed by atoms with E-state index < -0.39 is 16.5 Å². The lowest BCUT2D eigenvalue weighted by Gasteiger charge is -2.10. The van der Waals surface area contributed by atoms with Crippen LogP contribution < -0.4 is 0 Å². The zero-order valence-corrected chi connectivity index (χ0v) is 10.9. The van der Waals surface area contributed by atoms with Gasteiger partial charge in [0.2, 0.25) is 0 Å². The largest absolute Gasteiger partial charge is 0.207 e. The van der Waals surface area contributed by atoms with Crippen molar-refractivity contribution in [1.82, 2.24) is 0 Å². The third kappa shape index (κ3) is 2.18. The molecule has 84 valence electrons. The Balaban J connectivity index is 2.45. The molecule has 1 aromatic carbocycles. The smallest absolute Gasteiger partial charge is 0.130 e. The number of aryl methyl sites for hydroxylation is 1. The predicted octanol–water partition coefficient (Wildman–Crippen LogP) is 4.82.